The second-order valence-electron chi connectivity index (χ2n) is 10.8. The highest BCUT2D eigenvalue weighted by Crippen LogP contribution is 2.62. The molecule has 4 heterocycles. The number of ketones is 2. The van der Waals surface area contributed by atoms with Gasteiger partial charge < -0.3 is 14.6 Å². The predicted molar refractivity (Wildman–Crippen MR) is 155 cm³/mol. The van der Waals surface area contributed by atoms with E-state index in [1.165, 1.54) is 0 Å². The van der Waals surface area contributed by atoms with E-state index in [0.29, 0.717) is 22.4 Å². The monoisotopic (exact) mass is 536 g/mol. The van der Waals surface area contributed by atoms with Crippen LogP contribution in [0.1, 0.15) is 43.6 Å². The minimum atomic E-state index is -1.39. The van der Waals surface area contributed by atoms with Crippen molar-refractivity contribution in [3.8, 4) is 0 Å². The molecule has 41 heavy (non-hydrogen) atoms. The number of Topliss-reactive ketones (excluding diaryl/α,β-unsaturated/α-hetero) is 2. The molecule has 1 aromatic heterocycles. The van der Waals surface area contributed by atoms with Crippen molar-refractivity contribution in [2.24, 2.45) is 5.92 Å². The minimum Gasteiger partial charge on any atom is -0.453 e. The highest BCUT2D eigenvalue weighted by Gasteiger charge is 2.71. The molecule has 4 aromatic carbocycles. The summed E-state index contributed by atoms with van der Waals surface area (Å²) in [5.74, 6) is -1.82. The fraction of sp³-hybridized carbons (Fsp3) is 0.114. The maximum atomic E-state index is 14.9. The average molecular weight is 537 g/mol. The highest BCUT2D eigenvalue weighted by molar-refractivity contribution is 6.16. The van der Waals surface area contributed by atoms with Gasteiger partial charge in [-0.3, -0.25) is 14.4 Å². The standard InChI is InChI=1S/C35H24N2O4/c38-31(22-11-2-1-3-12-22)30-29(32(39)28-20-23-13-5-9-17-27(23)41-28)35(25-15-7-8-16-26(25)36-34(35)40)33-24-14-6-4-10-21(24)18-19-37(30)33/h1-20,29-30,33H,(H,36,40). The molecule has 1 saturated heterocycles. The number of rotatable bonds is 4. The van der Waals surface area contributed by atoms with Crippen molar-refractivity contribution in [3.63, 3.8) is 0 Å². The molecule has 3 aliphatic heterocycles. The normalized spacial score (nSPS) is 23.8. The zero-order valence-electron chi connectivity index (χ0n) is 21.9. The number of amides is 1. The molecule has 198 valence electrons. The zero-order chi connectivity index (χ0) is 27.7. The van der Waals surface area contributed by atoms with E-state index < -0.39 is 23.4 Å². The Hall–Kier alpha value is -5.23. The summed E-state index contributed by atoms with van der Waals surface area (Å²) in [6.45, 7) is 0. The van der Waals surface area contributed by atoms with E-state index in [1.807, 2.05) is 108 Å². The van der Waals surface area contributed by atoms with Gasteiger partial charge >= 0.3 is 0 Å². The number of nitrogens with zero attached hydrogens (tertiary/aromatic N) is 1. The van der Waals surface area contributed by atoms with Crippen molar-refractivity contribution in [1.29, 1.82) is 0 Å². The summed E-state index contributed by atoms with van der Waals surface area (Å²) in [5.41, 5.74) is 2.88. The van der Waals surface area contributed by atoms with E-state index in [4.69, 9.17) is 4.42 Å². The van der Waals surface area contributed by atoms with Gasteiger partial charge in [0.1, 0.15) is 17.0 Å². The number of carbonyl (C=O) groups excluding carboxylic acids is 3. The highest BCUT2D eigenvalue weighted by atomic mass is 16.3. The van der Waals surface area contributed by atoms with Crippen molar-refractivity contribution >= 4 is 40.2 Å². The first-order valence-corrected chi connectivity index (χ1v) is 13.7. The van der Waals surface area contributed by atoms with Crippen LogP contribution in [0.2, 0.25) is 0 Å². The van der Waals surface area contributed by atoms with E-state index in [-0.39, 0.29) is 23.2 Å². The second-order valence-corrected chi connectivity index (χ2v) is 10.8. The van der Waals surface area contributed by atoms with Gasteiger partial charge in [-0.25, -0.2) is 0 Å². The summed E-state index contributed by atoms with van der Waals surface area (Å²) in [6.07, 6.45) is 3.83. The van der Waals surface area contributed by atoms with Crippen molar-refractivity contribution in [2.45, 2.75) is 17.5 Å². The van der Waals surface area contributed by atoms with Crippen molar-refractivity contribution in [3.05, 3.63) is 143 Å². The maximum Gasteiger partial charge on any atom is 0.238 e. The molecule has 0 saturated carbocycles. The number of carbonyl (C=O) groups is 3. The zero-order valence-corrected chi connectivity index (χ0v) is 21.9. The van der Waals surface area contributed by atoms with Crippen LogP contribution in [0.3, 0.4) is 0 Å². The van der Waals surface area contributed by atoms with Crippen molar-refractivity contribution in [1.82, 2.24) is 4.90 Å². The van der Waals surface area contributed by atoms with Gasteiger partial charge in [0.15, 0.2) is 11.5 Å². The van der Waals surface area contributed by atoms with E-state index >= 15 is 0 Å². The summed E-state index contributed by atoms with van der Waals surface area (Å²) < 4.78 is 6.10. The van der Waals surface area contributed by atoms with E-state index in [2.05, 4.69) is 5.32 Å². The maximum absolute atomic E-state index is 14.9. The number of anilines is 1. The lowest BCUT2D eigenvalue weighted by atomic mass is 9.63. The third-order valence-electron chi connectivity index (χ3n) is 8.85. The summed E-state index contributed by atoms with van der Waals surface area (Å²) in [4.78, 5) is 45.8. The Bertz CT molecular complexity index is 1890. The number of fused-ring (bicyclic) bond motifs is 7. The first kappa shape index (κ1) is 23.6. The number of nitrogens with one attached hydrogen (secondary N) is 1. The number of hydrogen-bond acceptors (Lipinski definition) is 5. The van der Waals surface area contributed by atoms with Gasteiger partial charge in [0, 0.05) is 22.8 Å². The summed E-state index contributed by atoms with van der Waals surface area (Å²) in [6, 6.07) is 32.0. The summed E-state index contributed by atoms with van der Waals surface area (Å²) >= 11 is 0. The van der Waals surface area contributed by atoms with E-state index in [0.717, 1.165) is 16.5 Å². The van der Waals surface area contributed by atoms with Crippen LogP contribution in [0.15, 0.2) is 120 Å². The molecule has 0 bridgehead atoms. The molecule has 0 aliphatic carbocycles. The molecule has 8 rings (SSSR count). The molecule has 4 atom stereocenters. The molecule has 6 heteroatoms. The summed E-state index contributed by atoms with van der Waals surface area (Å²) in [5, 5.41) is 3.86. The quantitative estimate of drug-likeness (QED) is 0.268. The van der Waals surface area contributed by atoms with Crippen LogP contribution < -0.4 is 5.32 Å². The van der Waals surface area contributed by atoms with Crippen LogP contribution in [0.4, 0.5) is 5.69 Å². The average Bonchev–Trinajstić information content (AvgIpc) is 3.68. The van der Waals surface area contributed by atoms with Crippen LogP contribution in [0, 0.1) is 5.92 Å². The van der Waals surface area contributed by atoms with Gasteiger partial charge in [-0.05, 0) is 41.0 Å². The summed E-state index contributed by atoms with van der Waals surface area (Å²) in [7, 11) is 0. The number of benzene rings is 4. The molecular formula is C35H24N2O4. The Morgan fingerprint density at radius 2 is 1.54 bits per heavy atom. The van der Waals surface area contributed by atoms with Gasteiger partial charge in [-0.2, -0.15) is 0 Å². The van der Waals surface area contributed by atoms with Gasteiger partial charge in [0.25, 0.3) is 0 Å². The Morgan fingerprint density at radius 3 is 2.39 bits per heavy atom. The number of hydrogen-bond donors (Lipinski definition) is 1. The van der Waals surface area contributed by atoms with Crippen LogP contribution in [0.25, 0.3) is 17.0 Å². The fourth-order valence-electron chi connectivity index (χ4n) is 7.20. The fourth-order valence-corrected chi connectivity index (χ4v) is 7.20. The van der Waals surface area contributed by atoms with Crippen LogP contribution in [-0.4, -0.2) is 28.4 Å². The SMILES string of the molecule is O=C(c1ccccc1)C1C(C(=O)c2cc3ccccc3o2)C2(C(=O)Nc3ccccc32)C2c3ccccc3C=CN12. The van der Waals surface area contributed by atoms with Gasteiger partial charge in [0.2, 0.25) is 11.7 Å². The topological polar surface area (TPSA) is 79.6 Å². The minimum absolute atomic E-state index is 0.135. The smallest absolute Gasteiger partial charge is 0.238 e. The Kier molecular flexibility index (Phi) is 4.98. The molecule has 6 nitrogen and oxygen atoms in total. The molecule has 0 radical (unpaired) electrons. The molecule has 5 aromatic rings. The lowest BCUT2D eigenvalue weighted by Gasteiger charge is -2.38. The van der Waals surface area contributed by atoms with E-state index in [1.54, 1.807) is 18.2 Å². The Morgan fingerprint density at radius 1 is 0.805 bits per heavy atom. The lowest BCUT2D eigenvalue weighted by Crippen LogP contribution is -2.49. The van der Waals surface area contributed by atoms with Crippen LogP contribution in [0.5, 0.6) is 0 Å². The first-order valence-electron chi connectivity index (χ1n) is 13.7. The molecule has 1 spiro atoms. The first-order chi connectivity index (χ1) is 20.1. The largest absolute Gasteiger partial charge is 0.453 e. The molecule has 3 aliphatic rings. The van der Waals surface area contributed by atoms with Crippen LogP contribution >= 0.6 is 0 Å². The van der Waals surface area contributed by atoms with E-state index in [9.17, 15) is 14.4 Å². The second kappa shape index (κ2) is 8.63. The predicted octanol–water partition coefficient (Wildman–Crippen LogP) is 6.41. The third kappa shape index (κ3) is 3.16. The van der Waals surface area contributed by atoms with Gasteiger partial charge in [0.05, 0.1) is 12.0 Å². The van der Waals surface area contributed by atoms with Gasteiger partial charge in [-0.1, -0.05) is 91.0 Å². The van der Waals surface area contributed by atoms with Crippen LogP contribution in [-0.2, 0) is 10.2 Å². The Labute approximate surface area is 235 Å². The Balaban J connectivity index is 1.43. The molecule has 1 fully saturated rings. The third-order valence-corrected chi connectivity index (χ3v) is 8.85. The molecule has 1 amide bonds. The van der Waals surface area contributed by atoms with Crippen molar-refractivity contribution < 1.29 is 18.8 Å². The lowest BCUT2D eigenvalue weighted by molar-refractivity contribution is -0.122. The number of para-hydroxylation sites is 2. The molecular weight excluding hydrogens is 512 g/mol. The van der Waals surface area contributed by atoms with Gasteiger partial charge in [-0.15, -0.1) is 0 Å². The molecule has 1 N–H and O–H groups in total. The number of furan rings is 1. The van der Waals surface area contributed by atoms with Crippen molar-refractivity contribution in [2.75, 3.05) is 5.32 Å². The molecule has 4 unspecified atom stereocenters.